The van der Waals surface area contributed by atoms with Crippen LogP contribution in [-0.4, -0.2) is 108 Å². The van der Waals surface area contributed by atoms with E-state index in [-0.39, 0.29) is 18.8 Å². The molecule has 3 fully saturated rings. The van der Waals surface area contributed by atoms with Gasteiger partial charge >= 0.3 is 0 Å². The van der Waals surface area contributed by atoms with Gasteiger partial charge in [0.1, 0.15) is 30.0 Å². The molecule has 0 spiro atoms. The standard InChI is InChI=1S/C19H39N5O7/c1-19(27)7-28-18(13(26)16(19)24-2)31-15-11(23)5-10(22)14(12(15)25)30-17-9(21)4-3-8(6-20)29-17/h8-18,24-27H,3-7,20-23H2,1-2H3/t8-,9+,10-,11+,12+,13+,14+,15-,16+,17+,18+,19-/m1/s1. The predicted octanol–water partition coefficient (Wildman–Crippen LogP) is -3.98. The maximum Gasteiger partial charge on any atom is 0.185 e. The Morgan fingerprint density at radius 3 is 2.19 bits per heavy atom. The van der Waals surface area contributed by atoms with Crippen molar-refractivity contribution in [3.8, 4) is 0 Å². The molecule has 12 nitrogen and oxygen atoms in total. The summed E-state index contributed by atoms with van der Waals surface area (Å²) in [5, 5.41) is 34.9. The lowest BCUT2D eigenvalue weighted by atomic mass is 9.84. The second-order valence-electron chi connectivity index (χ2n) is 9.15. The molecule has 12 N–H and O–H groups in total. The Morgan fingerprint density at radius 1 is 1.00 bits per heavy atom. The van der Waals surface area contributed by atoms with Crippen LogP contribution in [0.3, 0.4) is 0 Å². The van der Waals surface area contributed by atoms with Crippen LogP contribution < -0.4 is 28.3 Å². The van der Waals surface area contributed by atoms with Crippen LogP contribution in [0, 0.1) is 0 Å². The van der Waals surface area contributed by atoms with E-state index >= 15 is 0 Å². The van der Waals surface area contributed by atoms with Crippen LogP contribution in [-0.2, 0) is 18.9 Å². The fourth-order valence-electron chi connectivity index (χ4n) is 4.69. The van der Waals surface area contributed by atoms with Gasteiger partial charge in [-0.3, -0.25) is 0 Å². The molecule has 0 aromatic heterocycles. The Hall–Kier alpha value is -0.480. The Bertz CT molecular complexity index is 588. The highest BCUT2D eigenvalue weighted by atomic mass is 16.7. The molecule has 0 bridgehead atoms. The van der Waals surface area contributed by atoms with E-state index in [1.54, 1.807) is 14.0 Å². The minimum Gasteiger partial charge on any atom is -0.388 e. The van der Waals surface area contributed by atoms with Crippen molar-refractivity contribution in [1.82, 2.24) is 5.32 Å². The number of aliphatic hydroxyl groups excluding tert-OH is 2. The average molecular weight is 450 g/mol. The van der Waals surface area contributed by atoms with Gasteiger partial charge in [0.25, 0.3) is 0 Å². The number of rotatable bonds is 6. The lowest BCUT2D eigenvalue weighted by molar-refractivity contribution is -0.306. The van der Waals surface area contributed by atoms with Crippen LogP contribution in [0.15, 0.2) is 0 Å². The maximum absolute atomic E-state index is 11.0. The Morgan fingerprint density at radius 2 is 1.61 bits per heavy atom. The van der Waals surface area contributed by atoms with Crippen molar-refractivity contribution in [3.05, 3.63) is 0 Å². The Balaban J connectivity index is 1.68. The second-order valence-corrected chi connectivity index (χ2v) is 9.15. The highest BCUT2D eigenvalue weighted by Crippen LogP contribution is 2.31. The van der Waals surface area contributed by atoms with Crippen molar-refractivity contribution in [3.63, 3.8) is 0 Å². The van der Waals surface area contributed by atoms with Crippen molar-refractivity contribution < 1.29 is 34.3 Å². The highest BCUT2D eigenvalue weighted by Gasteiger charge is 2.50. The fourth-order valence-corrected chi connectivity index (χ4v) is 4.69. The molecule has 1 saturated carbocycles. The summed E-state index contributed by atoms with van der Waals surface area (Å²) in [6, 6.07) is -2.26. The van der Waals surface area contributed by atoms with Crippen molar-refractivity contribution in [1.29, 1.82) is 0 Å². The molecule has 2 saturated heterocycles. The van der Waals surface area contributed by atoms with Crippen molar-refractivity contribution >= 4 is 0 Å². The number of likely N-dealkylation sites (N-methyl/N-ethyl adjacent to an activating group) is 1. The highest BCUT2D eigenvalue weighted by molar-refractivity contribution is 5.01. The van der Waals surface area contributed by atoms with Crippen LogP contribution in [0.25, 0.3) is 0 Å². The lowest BCUT2D eigenvalue weighted by Gasteiger charge is -2.48. The van der Waals surface area contributed by atoms with Crippen molar-refractivity contribution in [2.45, 2.75) is 99.1 Å². The minimum absolute atomic E-state index is 0.0665. The van der Waals surface area contributed by atoms with Crippen LogP contribution in [0.1, 0.15) is 26.2 Å². The van der Waals surface area contributed by atoms with E-state index in [9.17, 15) is 15.3 Å². The average Bonchev–Trinajstić information content (AvgIpc) is 2.71. The fraction of sp³-hybridized carbons (Fsp3) is 1.00. The molecule has 0 unspecified atom stereocenters. The van der Waals surface area contributed by atoms with Crippen LogP contribution in [0.4, 0.5) is 0 Å². The smallest absolute Gasteiger partial charge is 0.185 e. The molecule has 0 amide bonds. The van der Waals surface area contributed by atoms with E-state index in [0.717, 1.165) is 6.42 Å². The van der Waals surface area contributed by atoms with Crippen molar-refractivity contribution in [2.24, 2.45) is 22.9 Å². The lowest BCUT2D eigenvalue weighted by Crippen LogP contribution is -2.68. The molecular formula is C19H39N5O7. The molecule has 0 aromatic carbocycles. The molecule has 1 aliphatic carbocycles. The zero-order chi connectivity index (χ0) is 22.9. The van der Waals surface area contributed by atoms with E-state index in [1.807, 2.05) is 0 Å². The van der Waals surface area contributed by atoms with E-state index in [1.165, 1.54) is 0 Å². The molecule has 0 aromatic rings. The SMILES string of the molecule is CN[C@H]1[C@H](O)[C@H](O[C@H]2[C@@H](O)[C@@H](O[C@@H]3O[C@@H](CN)CC[C@@H]3N)[C@H](N)C[C@@H]2N)OC[C@@]1(C)O. The van der Waals surface area contributed by atoms with Crippen molar-refractivity contribution in [2.75, 3.05) is 20.2 Å². The van der Waals surface area contributed by atoms with Gasteiger partial charge in [-0.1, -0.05) is 0 Å². The molecular weight excluding hydrogens is 410 g/mol. The third kappa shape index (κ3) is 5.37. The third-order valence-corrected chi connectivity index (χ3v) is 6.55. The van der Waals surface area contributed by atoms with Gasteiger partial charge in [0.2, 0.25) is 0 Å². The molecule has 3 aliphatic rings. The van der Waals surface area contributed by atoms with Crippen LogP contribution >= 0.6 is 0 Å². The molecule has 0 radical (unpaired) electrons. The van der Waals surface area contributed by atoms with Gasteiger partial charge in [0.15, 0.2) is 12.6 Å². The summed E-state index contributed by atoms with van der Waals surface area (Å²) in [5.41, 5.74) is 23.0. The summed E-state index contributed by atoms with van der Waals surface area (Å²) in [7, 11) is 1.62. The van der Waals surface area contributed by atoms with Crippen LogP contribution in [0.2, 0.25) is 0 Å². The summed E-state index contributed by atoms with van der Waals surface area (Å²) in [6.45, 7) is 1.83. The first-order chi connectivity index (χ1) is 14.6. The number of hydrogen-bond acceptors (Lipinski definition) is 12. The normalized spacial score (nSPS) is 51.6. The minimum atomic E-state index is -1.29. The second kappa shape index (κ2) is 10.2. The Kier molecular flexibility index (Phi) is 8.27. The first kappa shape index (κ1) is 25.1. The first-order valence-electron chi connectivity index (χ1n) is 10.9. The van der Waals surface area contributed by atoms with E-state index in [0.29, 0.717) is 19.4 Å². The number of aliphatic hydroxyl groups is 3. The van der Waals surface area contributed by atoms with Gasteiger partial charge in [-0.2, -0.15) is 0 Å². The number of hydrogen-bond donors (Lipinski definition) is 8. The number of nitrogens with one attached hydrogen (secondary N) is 1. The molecule has 2 aliphatic heterocycles. The van der Waals surface area contributed by atoms with Gasteiger partial charge in [-0.25, -0.2) is 0 Å². The number of nitrogens with two attached hydrogens (primary N) is 4. The van der Waals surface area contributed by atoms with Gasteiger partial charge in [0, 0.05) is 18.6 Å². The van der Waals surface area contributed by atoms with E-state index in [4.69, 9.17) is 41.9 Å². The monoisotopic (exact) mass is 449 g/mol. The summed E-state index contributed by atoms with van der Waals surface area (Å²) in [4.78, 5) is 0. The molecule has 2 heterocycles. The zero-order valence-corrected chi connectivity index (χ0v) is 18.2. The van der Waals surface area contributed by atoms with Gasteiger partial charge in [-0.05, 0) is 33.2 Å². The summed E-state index contributed by atoms with van der Waals surface area (Å²) in [5.74, 6) is 0. The van der Waals surface area contributed by atoms with Gasteiger partial charge in [0.05, 0.1) is 24.8 Å². The molecule has 182 valence electrons. The Labute approximate surface area is 182 Å². The van der Waals surface area contributed by atoms with E-state index < -0.39 is 60.7 Å². The van der Waals surface area contributed by atoms with Gasteiger partial charge in [-0.15, -0.1) is 0 Å². The van der Waals surface area contributed by atoms with Crippen LogP contribution in [0.5, 0.6) is 0 Å². The molecule has 12 atom stereocenters. The quantitative estimate of drug-likeness (QED) is 0.195. The summed E-state index contributed by atoms with van der Waals surface area (Å²) < 4.78 is 23.3. The third-order valence-electron chi connectivity index (χ3n) is 6.55. The van der Waals surface area contributed by atoms with Gasteiger partial charge < -0.3 is 62.5 Å². The summed E-state index contributed by atoms with van der Waals surface area (Å²) >= 11 is 0. The zero-order valence-electron chi connectivity index (χ0n) is 18.2. The first-order valence-corrected chi connectivity index (χ1v) is 10.9. The largest absolute Gasteiger partial charge is 0.388 e. The number of ether oxygens (including phenoxy) is 4. The summed E-state index contributed by atoms with van der Waals surface area (Å²) in [6.07, 6.45) is -4.48. The topological polar surface area (TPSA) is 214 Å². The van der Waals surface area contributed by atoms with E-state index in [2.05, 4.69) is 5.32 Å². The molecule has 3 rings (SSSR count). The molecule has 31 heavy (non-hydrogen) atoms. The maximum atomic E-state index is 11.0. The predicted molar refractivity (Wildman–Crippen MR) is 110 cm³/mol. The molecule has 12 heteroatoms.